The van der Waals surface area contributed by atoms with Crippen LogP contribution in [0, 0.1) is 16.7 Å². The summed E-state index contributed by atoms with van der Waals surface area (Å²) in [5.74, 6) is 0.744. The largest absolute Gasteiger partial charge is 0.311 e. The molecule has 1 unspecified atom stereocenters. The smallest absolute Gasteiger partial charge is 0.00900 e. The molecule has 0 heterocycles. The minimum absolute atomic E-state index is 0.495. The van der Waals surface area contributed by atoms with E-state index < -0.39 is 0 Å². The zero-order valence-corrected chi connectivity index (χ0v) is 13.1. The maximum absolute atomic E-state index is 3.92. The number of hydrogen-bond acceptors (Lipinski definition) is 1. The predicted molar refractivity (Wildman–Crippen MR) is 77.3 cm³/mol. The van der Waals surface area contributed by atoms with Crippen LogP contribution in [0.3, 0.4) is 0 Å². The second kappa shape index (κ2) is 5.30. The molecule has 1 N–H and O–H groups in total. The minimum Gasteiger partial charge on any atom is -0.311 e. The zero-order chi connectivity index (χ0) is 13.3. The fraction of sp³-hybridized carbons (Fsp3) is 1.00. The van der Waals surface area contributed by atoms with Crippen LogP contribution >= 0.6 is 0 Å². The molecule has 1 aliphatic rings. The zero-order valence-electron chi connectivity index (χ0n) is 13.1. The summed E-state index contributed by atoms with van der Waals surface area (Å²) in [5.41, 5.74) is 0.989. The number of nitrogens with one attached hydrogen (secondary N) is 1. The summed E-state index contributed by atoms with van der Waals surface area (Å²) in [7, 11) is 0. The predicted octanol–water partition coefficient (Wildman–Crippen LogP) is 4.62. The van der Waals surface area contributed by atoms with Gasteiger partial charge in [0.15, 0.2) is 0 Å². The van der Waals surface area contributed by atoms with E-state index in [9.17, 15) is 0 Å². The molecule has 1 nitrogen and oxygen atoms in total. The highest BCUT2D eigenvalue weighted by Crippen LogP contribution is 2.45. The first-order valence-corrected chi connectivity index (χ1v) is 7.41. The van der Waals surface area contributed by atoms with Gasteiger partial charge in [-0.25, -0.2) is 0 Å². The van der Waals surface area contributed by atoms with Crippen LogP contribution in [0.15, 0.2) is 0 Å². The first kappa shape index (κ1) is 15.0. The monoisotopic (exact) mass is 239 g/mol. The molecule has 1 aliphatic carbocycles. The second-order valence-electron chi connectivity index (χ2n) is 8.04. The summed E-state index contributed by atoms with van der Waals surface area (Å²) in [6, 6.07) is 1.39. The lowest BCUT2D eigenvalue weighted by molar-refractivity contribution is 0.0768. The van der Waals surface area contributed by atoms with Crippen LogP contribution in [0.4, 0.5) is 0 Å². The highest BCUT2D eigenvalue weighted by atomic mass is 15.0. The molecule has 0 spiro atoms. The maximum atomic E-state index is 3.92. The Balaban J connectivity index is 2.65. The minimum atomic E-state index is 0.495. The van der Waals surface area contributed by atoms with Crippen molar-refractivity contribution in [3.05, 3.63) is 0 Å². The van der Waals surface area contributed by atoms with Crippen molar-refractivity contribution in [3.63, 3.8) is 0 Å². The average molecular weight is 239 g/mol. The van der Waals surface area contributed by atoms with Crippen LogP contribution in [0.2, 0.25) is 0 Å². The molecule has 102 valence electrons. The third-order valence-corrected chi connectivity index (χ3v) is 4.25. The fourth-order valence-electron chi connectivity index (χ4n) is 4.05. The average Bonchev–Trinajstić information content (AvgIpc) is 2.08. The standard InChI is InChI=1S/C16H33N/c1-8-14(12(2)3)17-13-9-15(4,5)11-16(6,7)10-13/h12-14,17H,8-11H2,1-7H3. The van der Waals surface area contributed by atoms with E-state index in [-0.39, 0.29) is 0 Å². The lowest BCUT2D eigenvalue weighted by Crippen LogP contribution is -2.48. The van der Waals surface area contributed by atoms with E-state index in [1.807, 2.05) is 0 Å². The first-order valence-electron chi connectivity index (χ1n) is 7.41. The maximum Gasteiger partial charge on any atom is 0.00900 e. The molecule has 1 fully saturated rings. The van der Waals surface area contributed by atoms with Crippen molar-refractivity contribution < 1.29 is 0 Å². The Morgan fingerprint density at radius 2 is 1.53 bits per heavy atom. The van der Waals surface area contributed by atoms with Crippen LogP contribution in [0.1, 0.15) is 74.1 Å². The SMILES string of the molecule is CCC(NC1CC(C)(C)CC(C)(C)C1)C(C)C. The summed E-state index contributed by atoms with van der Waals surface area (Å²) < 4.78 is 0. The van der Waals surface area contributed by atoms with Gasteiger partial charge in [-0.3, -0.25) is 0 Å². The molecule has 1 heteroatoms. The van der Waals surface area contributed by atoms with Crippen LogP contribution in [0.5, 0.6) is 0 Å². The molecule has 1 saturated carbocycles. The van der Waals surface area contributed by atoms with Crippen molar-refractivity contribution in [2.75, 3.05) is 0 Å². The highest BCUT2D eigenvalue weighted by molar-refractivity contribution is 4.93. The lowest BCUT2D eigenvalue weighted by atomic mass is 9.63. The molecule has 0 aromatic heterocycles. The molecule has 0 radical (unpaired) electrons. The molecule has 0 aromatic carbocycles. The molecule has 17 heavy (non-hydrogen) atoms. The Morgan fingerprint density at radius 1 is 1.06 bits per heavy atom. The summed E-state index contributed by atoms with van der Waals surface area (Å²) >= 11 is 0. The number of rotatable bonds is 4. The van der Waals surface area contributed by atoms with Crippen molar-refractivity contribution in [2.45, 2.75) is 86.2 Å². The van der Waals surface area contributed by atoms with Gasteiger partial charge in [0.1, 0.15) is 0 Å². The van der Waals surface area contributed by atoms with E-state index in [1.54, 1.807) is 0 Å². The van der Waals surface area contributed by atoms with Crippen molar-refractivity contribution in [2.24, 2.45) is 16.7 Å². The Kier molecular flexibility index (Phi) is 4.68. The quantitative estimate of drug-likeness (QED) is 0.755. The molecule has 0 bridgehead atoms. The van der Waals surface area contributed by atoms with E-state index in [0.29, 0.717) is 22.9 Å². The fourth-order valence-corrected chi connectivity index (χ4v) is 4.05. The van der Waals surface area contributed by atoms with E-state index in [2.05, 4.69) is 53.8 Å². The summed E-state index contributed by atoms with van der Waals surface area (Å²) in [6.45, 7) is 16.7. The van der Waals surface area contributed by atoms with E-state index >= 15 is 0 Å². The first-order chi connectivity index (χ1) is 7.65. The molecule has 0 amide bonds. The molecular formula is C16H33N. The summed E-state index contributed by atoms with van der Waals surface area (Å²) in [4.78, 5) is 0. The third-order valence-electron chi connectivity index (χ3n) is 4.25. The van der Waals surface area contributed by atoms with Crippen molar-refractivity contribution in [1.82, 2.24) is 5.32 Å². The molecule has 1 atom stereocenters. The molecule has 0 aromatic rings. The van der Waals surface area contributed by atoms with Gasteiger partial charge in [-0.1, -0.05) is 48.5 Å². The molecule has 0 aliphatic heterocycles. The molecular weight excluding hydrogens is 206 g/mol. The number of hydrogen-bond donors (Lipinski definition) is 1. The van der Waals surface area contributed by atoms with Crippen LogP contribution in [-0.2, 0) is 0 Å². The van der Waals surface area contributed by atoms with Gasteiger partial charge in [0.25, 0.3) is 0 Å². The Bertz CT molecular complexity index is 224. The van der Waals surface area contributed by atoms with Crippen LogP contribution in [0.25, 0.3) is 0 Å². The van der Waals surface area contributed by atoms with Crippen LogP contribution < -0.4 is 5.32 Å². The topological polar surface area (TPSA) is 12.0 Å². The normalized spacial score (nSPS) is 26.1. The Hall–Kier alpha value is -0.0400. The Labute approximate surface area is 109 Å². The van der Waals surface area contributed by atoms with Gasteiger partial charge in [0.2, 0.25) is 0 Å². The van der Waals surface area contributed by atoms with Gasteiger partial charge in [-0.15, -0.1) is 0 Å². The summed E-state index contributed by atoms with van der Waals surface area (Å²) in [6.07, 6.45) is 5.27. The van der Waals surface area contributed by atoms with E-state index in [0.717, 1.165) is 5.92 Å². The van der Waals surface area contributed by atoms with Crippen LogP contribution in [-0.4, -0.2) is 12.1 Å². The van der Waals surface area contributed by atoms with Gasteiger partial charge in [-0.2, -0.15) is 0 Å². The third kappa shape index (κ3) is 4.62. The van der Waals surface area contributed by atoms with Gasteiger partial charge >= 0.3 is 0 Å². The molecule has 0 saturated heterocycles. The van der Waals surface area contributed by atoms with Crippen molar-refractivity contribution >= 4 is 0 Å². The van der Waals surface area contributed by atoms with Gasteiger partial charge in [0, 0.05) is 12.1 Å². The molecule has 1 rings (SSSR count). The van der Waals surface area contributed by atoms with Crippen molar-refractivity contribution in [3.8, 4) is 0 Å². The van der Waals surface area contributed by atoms with E-state index in [1.165, 1.54) is 25.7 Å². The van der Waals surface area contributed by atoms with Gasteiger partial charge in [-0.05, 0) is 42.4 Å². The lowest BCUT2D eigenvalue weighted by Gasteiger charge is -2.46. The highest BCUT2D eigenvalue weighted by Gasteiger charge is 2.38. The summed E-state index contributed by atoms with van der Waals surface area (Å²) in [5, 5.41) is 3.92. The van der Waals surface area contributed by atoms with Gasteiger partial charge < -0.3 is 5.32 Å². The second-order valence-corrected chi connectivity index (χ2v) is 8.04. The van der Waals surface area contributed by atoms with Crippen molar-refractivity contribution in [1.29, 1.82) is 0 Å². The Morgan fingerprint density at radius 3 is 1.88 bits per heavy atom. The van der Waals surface area contributed by atoms with E-state index in [4.69, 9.17) is 0 Å². The van der Waals surface area contributed by atoms with Gasteiger partial charge in [0.05, 0.1) is 0 Å².